The van der Waals surface area contributed by atoms with Gasteiger partial charge in [0.25, 0.3) is 0 Å². The molecule has 3 nitrogen and oxygen atoms in total. The van der Waals surface area contributed by atoms with Gasteiger partial charge in [0.15, 0.2) is 0 Å². The van der Waals surface area contributed by atoms with E-state index in [1.54, 1.807) is 0 Å². The van der Waals surface area contributed by atoms with E-state index in [1.807, 2.05) is 6.20 Å². The number of rotatable bonds is 5. The van der Waals surface area contributed by atoms with E-state index < -0.39 is 0 Å². The zero-order valence-electron chi connectivity index (χ0n) is 8.92. The summed E-state index contributed by atoms with van der Waals surface area (Å²) in [5, 5.41) is 3.38. The van der Waals surface area contributed by atoms with Crippen molar-refractivity contribution < 1.29 is 4.42 Å². The molecule has 0 aliphatic heterocycles. The molecule has 1 aromatic rings. The molecule has 1 heterocycles. The van der Waals surface area contributed by atoms with Crippen molar-refractivity contribution in [2.24, 2.45) is 5.92 Å². The maximum Gasteiger partial charge on any atom is 0.208 e. The summed E-state index contributed by atoms with van der Waals surface area (Å²) in [7, 11) is 0. The van der Waals surface area contributed by atoms with Crippen molar-refractivity contribution in [3.63, 3.8) is 0 Å². The fourth-order valence-electron chi connectivity index (χ4n) is 1.45. The van der Waals surface area contributed by atoms with Crippen LogP contribution in [0.3, 0.4) is 0 Å². The van der Waals surface area contributed by atoms with Crippen LogP contribution in [0.2, 0.25) is 0 Å². The van der Waals surface area contributed by atoms with Crippen LogP contribution >= 0.6 is 0 Å². The van der Waals surface area contributed by atoms with Gasteiger partial charge in [0.2, 0.25) is 5.89 Å². The van der Waals surface area contributed by atoms with Crippen molar-refractivity contribution in [2.75, 3.05) is 0 Å². The van der Waals surface area contributed by atoms with Gasteiger partial charge in [-0.2, -0.15) is 0 Å². The molecule has 2 rings (SSSR count). The first-order valence-electron chi connectivity index (χ1n) is 5.41. The summed E-state index contributed by atoms with van der Waals surface area (Å²) in [6, 6.07) is 0.718. The van der Waals surface area contributed by atoms with E-state index in [0.717, 1.165) is 30.7 Å². The molecule has 0 saturated heterocycles. The first-order valence-corrected chi connectivity index (χ1v) is 5.41. The largest absolute Gasteiger partial charge is 0.444 e. The van der Waals surface area contributed by atoms with Crippen LogP contribution in [0.25, 0.3) is 0 Å². The van der Waals surface area contributed by atoms with E-state index in [4.69, 9.17) is 4.42 Å². The maximum atomic E-state index is 5.60. The molecule has 78 valence electrons. The Kier molecular flexibility index (Phi) is 2.87. The molecule has 14 heavy (non-hydrogen) atoms. The van der Waals surface area contributed by atoms with Crippen molar-refractivity contribution >= 4 is 0 Å². The number of nitrogens with one attached hydrogen (secondary N) is 1. The second-order valence-corrected chi connectivity index (χ2v) is 4.47. The Hall–Kier alpha value is -0.830. The van der Waals surface area contributed by atoms with Gasteiger partial charge in [-0.15, -0.1) is 0 Å². The van der Waals surface area contributed by atoms with Gasteiger partial charge in [0.1, 0.15) is 5.76 Å². The van der Waals surface area contributed by atoms with Crippen molar-refractivity contribution in [1.82, 2.24) is 10.3 Å². The van der Waals surface area contributed by atoms with Crippen molar-refractivity contribution in [1.29, 1.82) is 0 Å². The fraction of sp³-hybridized carbons (Fsp3) is 0.727. The molecule has 1 fully saturated rings. The molecule has 0 aromatic carbocycles. The zero-order valence-corrected chi connectivity index (χ0v) is 8.92. The molecule has 0 atom stereocenters. The summed E-state index contributed by atoms with van der Waals surface area (Å²) >= 11 is 0. The van der Waals surface area contributed by atoms with Gasteiger partial charge in [-0.1, -0.05) is 13.8 Å². The first kappa shape index (κ1) is 9.71. The third kappa shape index (κ3) is 2.84. The Morgan fingerprint density at radius 3 is 3.00 bits per heavy atom. The van der Waals surface area contributed by atoms with Gasteiger partial charge in [0.05, 0.1) is 12.7 Å². The molecule has 0 bridgehead atoms. The summed E-state index contributed by atoms with van der Waals surface area (Å²) in [5.74, 6) is 2.47. The highest BCUT2D eigenvalue weighted by Crippen LogP contribution is 2.19. The summed E-state index contributed by atoms with van der Waals surface area (Å²) in [6.07, 6.45) is 5.44. The molecule has 1 aliphatic carbocycles. The van der Waals surface area contributed by atoms with E-state index in [-0.39, 0.29) is 0 Å². The number of nitrogens with zero attached hydrogens (tertiary/aromatic N) is 1. The number of hydrogen-bond acceptors (Lipinski definition) is 3. The summed E-state index contributed by atoms with van der Waals surface area (Å²) < 4.78 is 5.60. The van der Waals surface area contributed by atoms with Gasteiger partial charge in [0, 0.05) is 12.5 Å². The van der Waals surface area contributed by atoms with Gasteiger partial charge >= 0.3 is 0 Å². The van der Waals surface area contributed by atoms with E-state index in [9.17, 15) is 0 Å². The van der Waals surface area contributed by atoms with Crippen LogP contribution in [0.4, 0.5) is 0 Å². The average molecular weight is 194 g/mol. The van der Waals surface area contributed by atoms with Crippen LogP contribution in [0, 0.1) is 5.92 Å². The lowest BCUT2D eigenvalue weighted by molar-refractivity contribution is 0.417. The maximum absolute atomic E-state index is 5.60. The third-order valence-corrected chi connectivity index (χ3v) is 2.33. The fourth-order valence-corrected chi connectivity index (χ4v) is 1.45. The minimum absolute atomic E-state index is 0.632. The Labute approximate surface area is 84.9 Å². The standard InChI is InChI=1S/C11H18N2O/c1-8(2)5-10-6-13-11(14-10)7-12-9-3-4-9/h6,8-9,12H,3-5,7H2,1-2H3. The molecule has 0 spiro atoms. The van der Waals surface area contributed by atoms with Gasteiger partial charge in [-0.25, -0.2) is 4.98 Å². The minimum atomic E-state index is 0.632. The minimum Gasteiger partial charge on any atom is -0.444 e. The topological polar surface area (TPSA) is 38.1 Å². The summed E-state index contributed by atoms with van der Waals surface area (Å²) in [5.41, 5.74) is 0. The highest BCUT2D eigenvalue weighted by Gasteiger charge is 2.20. The molecule has 1 aromatic heterocycles. The van der Waals surface area contributed by atoms with Gasteiger partial charge in [-0.3, -0.25) is 0 Å². The Morgan fingerprint density at radius 2 is 2.36 bits per heavy atom. The monoisotopic (exact) mass is 194 g/mol. The van der Waals surface area contributed by atoms with E-state index >= 15 is 0 Å². The molecule has 1 N–H and O–H groups in total. The van der Waals surface area contributed by atoms with Crippen LogP contribution in [0.5, 0.6) is 0 Å². The third-order valence-electron chi connectivity index (χ3n) is 2.33. The number of oxazole rings is 1. The lowest BCUT2D eigenvalue weighted by atomic mass is 10.1. The SMILES string of the molecule is CC(C)Cc1cnc(CNC2CC2)o1. The van der Waals surface area contributed by atoms with Crippen molar-refractivity contribution in [3.8, 4) is 0 Å². The predicted octanol–water partition coefficient (Wildman–Crippen LogP) is 2.13. The van der Waals surface area contributed by atoms with Crippen LogP contribution in [-0.2, 0) is 13.0 Å². The molecule has 0 amide bonds. The van der Waals surface area contributed by atoms with Gasteiger partial charge in [-0.05, 0) is 18.8 Å². The first-order chi connectivity index (χ1) is 6.74. The normalized spacial score (nSPS) is 16.5. The Bertz CT molecular complexity index is 289. The average Bonchev–Trinajstić information content (AvgIpc) is 2.84. The molecular formula is C11H18N2O. The van der Waals surface area contributed by atoms with Crippen molar-refractivity contribution in [3.05, 3.63) is 17.8 Å². The summed E-state index contributed by atoms with van der Waals surface area (Å²) in [6.45, 7) is 5.15. The lowest BCUT2D eigenvalue weighted by Gasteiger charge is -1.99. The number of hydrogen-bond donors (Lipinski definition) is 1. The van der Waals surface area contributed by atoms with E-state index in [0.29, 0.717) is 5.92 Å². The second kappa shape index (κ2) is 4.13. The zero-order chi connectivity index (χ0) is 9.97. The smallest absolute Gasteiger partial charge is 0.208 e. The van der Waals surface area contributed by atoms with Crippen LogP contribution in [0.1, 0.15) is 38.3 Å². The van der Waals surface area contributed by atoms with Crippen molar-refractivity contribution in [2.45, 2.75) is 45.7 Å². The highest BCUT2D eigenvalue weighted by molar-refractivity contribution is 4.95. The Morgan fingerprint density at radius 1 is 1.57 bits per heavy atom. The molecule has 1 aliphatic rings. The second-order valence-electron chi connectivity index (χ2n) is 4.47. The van der Waals surface area contributed by atoms with Gasteiger partial charge < -0.3 is 9.73 Å². The lowest BCUT2D eigenvalue weighted by Crippen LogP contribution is -2.15. The molecule has 1 saturated carbocycles. The predicted molar refractivity (Wildman–Crippen MR) is 54.9 cm³/mol. The van der Waals surface area contributed by atoms with E-state index in [2.05, 4.69) is 24.1 Å². The molecular weight excluding hydrogens is 176 g/mol. The van der Waals surface area contributed by atoms with Crippen LogP contribution in [0.15, 0.2) is 10.6 Å². The van der Waals surface area contributed by atoms with Crippen LogP contribution < -0.4 is 5.32 Å². The highest BCUT2D eigenvalue weighted by atomic mass is 16.4. The summed E-state index contributed by atoms with van der Waals surface area (Å²) in [4.78, 5) is 4.24. The quantitative estimate of drug-likeness (QED) is 0.780. The Balaban J connectivity index is 1.81. The molecule has 3 heteroatoms. The van der Waals surface area contributed by atoms with E-state index in [1.165, 1.54) is 12.8 Å². The van der Waals surface area contributed by atoms with Crippen LogP contribution in [-0.4, -0.2) is 11.0 Å². The molecule has 0 unspecified atom stereocenters. The molecule has 0 radical (unpaired) electrons. The number of aromatic nitrogens is 1.